The van der Waals surface area contributed by atoms with Gasteiger partial charge in [0.2, 0.25) is 0 Å². The summed E-state index contributed by atoms with van der Waals surface area (Å²) in [6, 6.07) is -0.698. The minimum absolute atomic E-state index is 0.110. The highest BCUT2D eigenvalue weighted by molar-refractivity contribution is 6.32. The van der Waals surface area contributed by atoms with E-state index in [1.807, 2.05) is 12.3 Å². The van der Waals surface area contributed by atoms with Crippen LogP contribution < -0.4 is 11.3 Å². The summed E-state index contributed by atoms with van der Waals surface area (Å²) >= 11 is 5.64. The van der Waals surface area contributed by atoms with Crippen molar-refractivity contribution in [1.29, 1.82) is 0 Å². The van der Waals surface area contributed by atoms with Crippen LogP contribution in [0.15, 0.2) is 6.20 Å². The number of nitrogens with one attached hydrogen (secondary N) is 1. The van der Waals surface area contributed by atoms with Crippen LogP contribution in [0.25, 0.3) is 0 Å². The fourth-order valence-corrected chi connectivity index (χ4v) is 1.60. The van der Waals surface area contributed by atoms with E-state index in [1.165, 1.54) is 6.20 Å². The van der Waals surface area contributed by atoms with Crippen molar-refractivity contribution in [2.45, 2.75) is 25.8 Å². The number of rotatable bonds is 5. The number of aromatic nitrogens is 2. The molecule has 9 heteroatoms. The highest BCUT2D eigenvalue weighted by Crippen LogP contribution is 2.25. The van der Waals surface area contributed by atoms with E-state index >= 15 is 0 Å². The number of nitrogens with two attached hydrogens (primary N) is 1. The van der Waals surface area contributed by atoms with Gasteiger partial charge in [0.25, 0.3) is 5.91 Å². The van der Waals surface area contributed by atoms with Crippen LogP contribution in [-0.4, -0.2) is 20.6 Å². The Morgan fingerprint density at radius 2 is 2.47 bits per heavy atom. The van der Waals surface area contributed by atoms with Crippen LogP contribution in [0.3, 0.4) is 0 Å². The van der Waals surface area contributed by atoms with Crippen molar-refractivity contribution in [3.63, 3.8) is 0 Å². The molecule has 8 nitrogen and oxygen atoms in total. The number of carbonyl (C=O) groups excluding carboxylic acids is 1. The van der Waals surface area contributed by atoms with Gasteiger partial charge in [-0.1, -0.05) is 24.9 Å². The second-order valence-electron chi connectivity index (χ2n) is 3.35. The molecular weight excluding hydrogens is 250 g/mol. The topological polar surface area (TPSA) is 116 Å². The van der Waals surface area contributed by atoms with Crippen molar-refractivity contribution in [3.8, 4) is 0 Å². The van der Waals surface area contributed by atoms with Gasteiger partial charge in [0.15, 0.2) is 11.1 Å². The first-order chi connectivity index (χ1) is 8.01. The zero-order valence-electron chi connectivity index (χ0n) is 9.09. The zero-order chi connectivity index (χ0) is 13.0. The summed E-state index contributed by atoms with van der Waals surface area (Å²) in [6.45, 7) is 1.87. The lowest BCUT2D eigenvalue weighted by atomic mass is 10.1. The molecule has 1 rings (SSSR count). The van der Waals surface area contributed by atoms with Crippen molar-refractivity contribution in [1.82, 2.24) is 15.2 Å². The second-order valence-corrected chi connectivity index (χ2v) is 3.76. The predicted octanol–water partition coefficient (Wildman–Crippen LogP) is 0.776. The van der Waals surface area contributed by atoms with Crippen molar-refractivity contribution in [3.05, 3.63) is 21.3 Å². The van der Waals surface area contributed by atoms with Gasteiger partial charge in [0, 0.05) is 0 Å². The summed E-state index contributed by atoms with van der Waals surface area (Å²) in [5, 5.41) is 14.1. The maximum atomic E-state index is 11.5. The van der Waals surface area contributed by atoms with Crippen molar-refractivity contribution in [2.24, 2.45) is 5.84 Å². The average molecular weight is 262 g/mol. The highest BCUT2D eigenvalue weighted by atomic mass is 35.5. The van der Waals surface area contributed by atoms with E-state index in [9.17, 15) is 14.9 Å². The van der Waals surface area contributed by atoms with E-state index in [0.29, 0.717) is 12.8 Å². The Balaban J connectivity index is 3.06. The summed E-state index contributed by atoms with van der Waals surface area (Å²) < 4.78 is 1.16. The Labute approximate surface area is 102 Å². The molecule has 0 radical (unpaired) electrons. The Kier molecular flexibility index (Phi) is 4.41. The lowest BCUT2D eigenvalue weighted by molar-refractivity contribution is -0.389. The van der Waals surface area contributed by atoms with E-state index in [2.05, 4.69) is 5.10 Å². The van der Waals surface area contributed by atoms with E-state index in [-0.39, 0.29) is 5.02 Å². The number of hydrazine groups is 1. The van der Waals surface area contributed by atoms with Gasteiger partial charge in [0.05, 0.1) is 11.3 Å². The Morgan fingerprint density at radius 1 is 1.82 bits per heavy atom. The van der Waals surface area contributed by atoms with Gasteiger partial charge < -0.3 is 10.1 Å². The Morgan fingerprint density at radius 3 is 2.88 bits per heavy atom. The number of hydrogen-bond acceptors (Lipinski definition) is 5. The zero-order valence-corrected chi connectivity index (χ0v) is 9.85. The molecule has 1 amide bonds. The molecule has 0 saturated heterocycles. The number of nitrogens with zero attached hydrogens (tertiary/aromatic N) is 3. The Hall–Kier alpha value is -1.67. The molecule has 1 aromatic rings. The number of nitro groups is 1. The van der Waals surface area contributed by atoms with Gasteiger partial charge in [-0.2, -0.15) is 4.68 Å². The van der Waals surface area contributed by atoms with Gasteiger partial charge in [-0.3, -0.25) is 10.2 Å². The molecule has 3 N–H and O–H groups in total. The molecule has 1 unspecified atom stereocenters. The number of halogens is 1. The largest absolute Gasteiger partial charge is 0.408 e. The molecule has 0 aliphatic heterocycles. The fourth-order valence-electron chi connectivity index (χ4n) is 1.40. The molecule has 1 heterocycles. The normalized spacial score (nSPS) is 12.2. The monoisotopic (exact) mass is 261 g/mol. The van der Waals surface area contributed by atoms with Crippen molar-refractivity contribution >= 4 is 23.3 Å². The molecular formula is C8H12ClN5O3. The van der Waals surface area contributed by atoms with Crippen molar-refractivity contribution in [2.75, 3.05) is 0 Å². The second kappa shape index (κ2) is 5.60. The minimum atomic E-state index is -0.706. The molecule has 1 aromatic heterocycles. The van der Waals surface area contributed by atoms with E-state index < -0.39 is 22.7 Å². The first-order valence-corrected chi connectivity index (χ1v) is 5.28. The van der Waals surface area contributed by atoms with E-state index in [4.69, 9.17) is 17.4 Å². The highest BCUT2D eigenvalue weighted by Gasteiger charge is 2.27. The molecule has 0 fully saturated rings. The summed E-state index contributed by atoms with van der Waals surface area (Å²) in [4.78, 5) is 21.4. The molecule has 0 aliphatic carbocycles. The third-order valence-corrected chi connectivity index (χ3v) is 2.44. The molecule has 17 heavy (non-hydrogen) atoms. The van der Waals surface area contributed by atoms with E-state index in [1.54, 1.807) is 0 Å². The number of hydrogen-bond donors (Lipinski definition) is 2. The maximum Gasteiger partial charge on any atom is 0.408 e. The molecule has 0 saturated carbocycles. The van der Waals surface area contributed by atoms with Crippen LogP contribution in [-0.2, 0) is 4.79 Å². The van der Waals surface area contributed by atoms with E-state index in [0.717, 1.165) is 4.68 Å². The standard InChI is InChI=1S/C8H12ClN5O3/c1-2-3-6(8(15)11-10)13-4-5(9)7(12-13)14(16)17/h4,6H,2-3,10H2,1H3,(H,11,15). The quantitative estimate of drug-likeness (QED) is 0.351. The van der Waals surface area contributed by atoms with Crippen LogP contribution in [0, 0.1) is 10.1 Å². The third-order valence-electron chi connectivity index (χ3n) is 2.17. The van der Waals surface area contributed by atoms with Crippen LogP contribution in [0.5, 0.6) is 0 Å². The number of carbonyl (C=O) groups is 1. The maximum absolute atomic E-state index is 11.5. The summed E-state index contributed by atoms with van der Waals surface area (Å²) in [6.07, 6.45) is 2.40. The SMILES string of the molecule is CCCC(C(=O)NN)n1cc(Cl)c([N+](=O)[O-])n1. The minimum Gasteiger partial charge on any atom is -0.358 e. The molecule has 0 spiro atoms. The molecule has 1 atom stereocenters. The summed E-state index contributed by atoms with van der Waals surface area (Å²) in [7, 11) is 0. The molecule has 0 aliphatic rings. The van der Waals surface area contributed by atoms with Gasteiger partial charge in [-0.15, -0.1) is 0 Å². The smallest absolute Gasteiger partial charge is 0.358 e. The van der Waals surface area contributed by atoms with Gasteiger partial charge in [-0.05, 0) is 11.3 Å². The molecule has 94 valence electrons. The fraction of sp³-hybridized carbons (Fsp3) is 0.500. The Bertz CT molecular complexity index is 433. The lowest BCUT2D eigenvalue weighted by Gasteiger charge is -2.11. The molecule has 0 bridgehead atoms. The molecule has 0 aromatic carbocycles. The van der Waals surface area contributed by atoms with Gasteiger partial charge >= 0.3 is 5.82 Å². The van der Waals surface area contributed by atoms with Crippen LogP contribution in [0.1, 0.15) is 25.8 Å². The van der Waals surface area contributed by atoms with Gasteiger partial charge in [0.1, 0.15) is 0 Å². The first-order valence-electron chi connectivity index (χ1n) is 4.90. The summed E-state index contributed by atoms with van der Waals surface area (Å²) in [5.74, 6) is 4.09. The van der Waals surface area contributed by atoms with Crippen LogP contribution in [0.2, 0.25) is 5.02 Å². The van der Waals surface area contributed by atoms with Crippen LogP contribution in [0.4, 0.5) is 5.82 Å². The summed E-state index contributed by atoms with van der Waals surface area (Å²) in [5.41, 5.74) is 1.99. The van der Waals surface area contributed by atoms with Crippen molar-refractivity contribution < 1.29 is 9.72 Å². The van der Waals surface area contributed by atoms with Crippen LogP contribution >= 0.6 is 11.6 Å². The third kappa shape index (κ3) is 2.92. The number of amides is 1. The van der Waals surface area contributed by atoms with Gasteiger partial charge in [-0.25, -0.2) is 5.84 Å². The lowest BCUT2D eigenvalue weighted by Crippen LogP contribution is -2.37. The predicted molar refractivity (Wildman–Crippen MR) is 60.2 cm³/mol. The first kappa shape index (κ1) is 13.4. The average Bonchev–Trinajstić information content (AvgIpc) is 2.67.